The minimum Gasteiger partial charge on any atom is -0.326 e. The van der Waals surface area contributed by atoms with E-state index in [-0.39, 0.29) is 5.56 Å². The average Bonchev–Trinajstić information content (AvgIpc) is 2.09. The van der Waals surface area contributed by atoms with Crippen molar-refractivity contribution in [1.82, 2.24) is 9.97 Å². The van der Waals surface area contributed by atoms with Crippen LogP contribution in [0.2, 0.25) is 0 Å². The number of nitrogens with zero attached hydrogens (tertiary/aromatic N) is 1. The fraction of sp³-hybridized carbons (Fsp3) is 0.556. The van der Waals surface area contributed by atoms with Gasteiger partial charge in [0.15, 0.2) is 0 Å². The highest BCUT2D eigenvalue weighted by atomic mass is 16.1. The molecule has 0 bridgehead atoms. The van der Waals surface area contributed by atoms with Crippen LogP contribution in [-0.2, 0) is 12.8 Å². The van der Waals surface area contributed by atoms with Crippen molar-refractivity contribution in [3.05, 3.63) is 27.9 Å². The zero-order chi connectivity index (χ0) is 8.97. The summed E-state index contributed by atoms with van der Waals surface area (Å²) in [6.45, 7) is 4.07. The van der Waals surface area contributed by atoms with Crippen molar-refractivity contribution < 1.29 is 0 Å². The van der Waals surface area contributed by atoms with Gasteiger partial charge in [-0.3, -0.25) is 9.78 Å². The average molecular weight is 166 g/mol. The summed E-state index contributed by atoms with van der Waals surface area (Å²) in [6.07, 6.45) is 4.28. The van der Waals surface area contributed by atoms with E-state index in [1.165, 1.54) is 0 Å². The molecule has 3 heteroatoms. The van der Waals surface area contributed by atoms with Crippen molar-refractivity contribution in [2.75, 3.05) is 0 Å². The first-order valence-electron chi connectivity index (χ1n) is 4.35. The molecule has 1 heterocycles. The number of H-pyrrole nitrogens is 1. The molecule has 1 aromatic rings. The molecule has 0 aliphatic rings. The molecule has 0 spiro atoms. The van der Waals surface area contributed by atoms with Gasteiger partial charge in [0.2, 0.25) is 0 Å². The highest BCUT2D eigenvalue weighted by Crippen LogP contribution is 1.95. The van der Waals surface area contributed by atoms with E-state index in [9.17, 15) is 4.79 Å². The Balaban J connectivity index is 3.00. The molecule has 0 aliphatic heterocycles. The number of aromatic amines is 1. The van der Waals surface area contributed by atoms with E-state index in [1.54, 1.807) is 6.20 Å². The van der Waals surface area contributed by atoms with Crippen LogP contribution in [0.25, 0.3) is 0 Å². The molecule has 12 heavy (non-hydrogen) atoms. The maximum absolute atomic E-state index is 11.2. The fourth-order valence-electron chi connectivity index (χ4n) is 1.08. The Bertz CT molecular complexity index is 304. The van der Waals surface area contributed by atoms with Crippen molar-refractivity contribution in [3.63, 3.8) is 0 Å². The second-order valence-electron chi connectivity index (χ2n) is 2.77. The van der Waals surface area contributed by atoms with E-state index in [2.05, 4.69) is 9.97 Å². The Morgan fingerprint density at radius 2 is 2.25 bits per heavy atom. The van der Waals surface area contributed by atoms with E-state index in [4.69, 9.17) is 0 Å². The van der Waals surface area contributed by atoms with E-state index < -0.39 is 0 Å². The molecule has 66 valence electrons. The van der Waals surface area contributed by atoms with Crippen molar-refractivity contribution in [3.8, 4) is 0 Å². The SMILES string of the molecule is CCCc1nc(CC)c[nH]c1=O. The van der Waals surface area contributed by atoms with Gasteiger partial charge in [0.25, 0.3) is 5.56 Å². The van der Waals surface area contributed by atoms with E-state index >= 15 is 0 Å². The third-order valence-corrected chi connectivity index (χ3v) is 1.76. The first kappa shape index (κ1) is 8.97. The van der Waals surface area contributed by atoms with Gasteiger partial charge in [-0.1, -0.05) is 20.3 Å². The molecule has 0 atom stereocenters. The summed E-state index contributed by atoms with van der Waals surface area (Å²) in [4.78, 5) is 18.1. The van der Waals surface area contributed by atoms with Crippen LogP contribution in [0.3, 0.4) is 0 Å². The number of nitrogens with one attached hydrogen (secondary N) is 1. The highest BCUT2D eigenvalue weighted by molar-refractivity contribution is 5.03. The van der Waals surface area contributed by atoms with Crippen LogP contribution in [0.15, 0.2) is 11.0 Å². The van der Waals surface area contributed by atoms with E-state index in [1.807, 2.05) is 13.8 Å². The molecule has 0 amide bonds. The first-order chi connectivity index (χ1) is 5.77. The maximum atomic E-state index is 11.2. The minimum absolute atomic E-state index is 0.0472. The molecule has 0 radical (unpaired) electrons. The molecule has 0 saturated carbocycles. The van der Waals surface area contributed by atoms with Gasteiger partial charge in [0, 0.05) is 6.20 Å². The first-order valence-corrected chi connectivity index (χ1v) is 4.35. The van der Waals surface area contributed by atoms with E-state index in [0.717, 1.165) is 25.0 Å². The van der Waals surface area contributed by atoms with Crippen LogP contribution in [0.5, 0.6) is 0 Å². The number of aryl methyl sites for hydroxylation is 2. The summed E-state index contributed by atoms with van der Waals surface area (Å²) in [5, 5.41) is 0. The lowest BCUT2D eigenvalue weighted by Crippen LogP contribution is -2.15. The lowest BCUT2D eigenvalue weighted by Gasteiger charge is -1.99. The van der Waals surface area contributed by atoms with Gasteiger partial charge in [-0.2, -0.15) is 0 Å². The van der Waals surface area contributed by atoms with Crippen molar-refractivity contribution in [2.45, 2.75) is 33.1 Å². The third-order valence-electron chi connectivity index (χ3n) is 1.76. The quantitative estimate of drug-likeness (QED) is 0.735. The third kappa shape index (κ3) is 1.94. The van der Waals surface area contributed by atoms with Gasteiger partial charge < -0.3 is 4.98 Å². The Labute approximate surface area is 71.9 Å². The standard InChI is InChI=1S/C9H14N2O/c1-3-5-8-9(12)10-6-7(4-2)11-8/h6H,3-5H2,1-2H3,(H,10,12). The van der Waals surface area contributed by atoms with Crippen LogP contribution < -0.4 is 5.56 Å². The van der Waals surface area contributed by atoms with Gasteiger partial charge >= 0.3 is 0 Å². The molecular weight excluding hydrogens is 152 g/mol. The van der Waals surface area contributed by atoms with Gasteiger partial charge in [-0.05, 0) is 12.8 Å². The van der Waals surface area contributed by atoms with Crippen LogP contribution in [-0.4, -0.2) is 9.97 Å². The van der Waals surface area contributed by atoms with Crippen LogP contribution in [0.4, 0.5) is 0 Å². The monoisotopic (exact) mass is 166 g/mol. The van der Waals surface area contributed by atoms with Crippen molar-refractivity contribution >= 4 is 0 Å². The number of aromatic nitrogens is 2. The summed E-state index contributed by atoms with van der Waals surface area (Å²) in [7, 11) is 0. The Kier molecular flexibility index (Phi) is 3.02. The lowest BCUT2D eigenvalue weighted by atomic mass is 10.2. The maximum Gasteiger partial charge on any atom is 0.269 e. The highest BCUT2D eigenvalue weighted by Gasteiger charge is 2.00. The van der Waals surface area contributed by atoms with Gasteiger partial charge in [0.1, 0.15) is 5.69 Å². The number of hydrogen-bond acceptors (Lipinski definition) is 2. The largest absolute Gasteiger partial charge is 0.326 e. The normalized spacial score (nSPS) is 10.2. The Morgan fingerprint density at radius 3 is 2.83 bits per heavy atom. The molecule has 1 aromatic heterocycles. The van der Waals surface area contributed by atoms with Gasteiger partial charge in [-0.25, -0.2) is 0 Å². The molecule has 3 nitrogen and oxygen atoms in total. The number of hydrogen-bond donors (Lipinski definition) is 1. The second kappa shape index (κ2) is 4.04. The smallest absolute Gasteiger partial charge is 0.269 e. The summed E-state index contributed by atoms with van der Waals surface area (Å²) in [5.74, 6) is 0. The summed E-state index contributed by atoms with van der Waals surface area (Å²) >= 11 is 0. The lowest BCUT2D eigenvalue weighted by molar-refractivity contribution is 0.828. The fourth-order valence-corrected chi connectivity index (χ4v) is 1.08. The zero-order valence-electron chi connectivity index (χ0n) is 7.55. The predicted octanol–water partition coefficient (Wildman–Crippen LogP) is 1.28. The van der Waals surface area contributed by atoms with Crippen LogP contribution in [0.1, 0.15) is 31.7 Å². The Hall–Kier alpha value is -1.12. The zero-order valence-corrected chi connectivity index (χ0v) is 7.55. The summed E-state index contributed by atoms with van der Waals surface area (Å²) < 4.78 is 0. The van der Waals surface area contributed by atoms with Crippen LogP contribution >= 0.6 is 0 Å². The molecule has 0 saturated heterocycles. The molecule has 0 aromatic carbocycles. The minimum atomic E-state index is -0.0472. The molecule has 0 aliphatic carbocycles. The van der Waals surface area contributed by atoms with E-state index in [0.29, 0.717) is 5.69 Å². The second-order valence-corrected chi connectivity index (χ2v) is 2.77. The van der Waals surface area contributed by atoms with Crippen molar-refractivity contribution in [2.24, 2.45) is 0 Å². The van der Waals surface area contributed by atoms with Crippen molar-refractivity contribution in [1.29, 1.82) is 0 Å². The summed E-state index contributed by atoms with van der Waals surface area (Å²) in [5.41, 5.74) is 1.57. The number of rotatable bonds is 3. The molecular formula is C9H14N2O. The van der Waals surface area contributed by atoms with Gasteiger partial charge in [-0.15, -0.1) is 0 Å². The predicted molar refractivity (Wildman–Crippen MR) is 48.2 cm³/mol. The molecule has 1 N–H and O–H groups in total. The molecule has 0 unspecified atom stereocenters. The molecule has 0 fully saturated rings. The van der Waals surface area contributed by atoms with Crippen LogP contribution in [0, 0.1) is 0 Å². The summed E-state index contributed by atoms with van der Waals surface area (Å²) in [6, 6.07) is 0. The molecule has 1 rings (SSSR count). The Morgan fingerprint density at radius 1 is 1.50 bits per heavy atom. The topological polar surface area (TPSA) is 45.8 Å². The van der Waals surface area contributed by atoms with Gasteiger partial charge in [0.05, 0.1) is 5.69 Å².